The second-order valence-electron chi connectivity index (χ2n) is 6.19. The van der Waals surface area contributed by atoms with Gasteiger partial charge in [0.1, 0.15) is 17.2 Å². The molecule has 0 aliphatic carbocycles. The average Bonchev–Trinajstić information content (AvgIpc) is 3.05. The Morgan fingerprint density at radius 2 is 1.81 bits per heavy atom. The maximum atomic E-state index is 13.2. The average molecular weight is 355 g/mol. The van der Waals surface area contributed by atoms with Gasteiger partial charge in [-0.15, -0.1) is 0 Å². The Kier molecular flexibility index (Phi) is 3.90. The van der Waals surface area contributed by atoms with Crippen molar-refractivity contribution in [1.29, 1.82) is 0 Å². The van der Waals surface area contributed by atoms with Crippen LogP contribution < -0.4 is 10.6 Å². The van der Waals surface area contributed by atoms with Crippen molar-refractivity contribution < 1.29 is 9.18 Å². The molecule has 0 spiro atoms. The van der Waals surface area contributed by atoms with Crippen molar-refractivity contribution >= 4 is 28.8 Å². The minimum Gasteiger partial charge on any atom is -0.368 e. The van der Waals surface area contributed by atoms with Crippen LogP contribution in [0.15, 0.2) is 24.3 Å². The standard InChI is InChI=1S/C17H18FN7O/c1-10(26)24-6-8-25(9-7-24)16-13-15(22-17(19)23-16)21-14(20-13)11-2-4-12(18)5-3-11/h2-5H,6-9H2,1H3,(H3,19,20,21,22,23). The summed E-state index contributed by atoms with van der Waals surface area (Å²) in [5.74, 6) is 1.13. The number of nitrogens with one attached hydrogen (secondary N) is 1. The number of anilines is 2. The largest absolute Gasteiger partial charge is 0.368 e. The van der Waals surface area contributed by atoms with Gasteiger partial charge in [-0.2, -0.15) is 9.97 Å². The quantitative estimate of drug-likeness (QED) is 0.720. The van der Waals surface area contributed by atoms with Crippen molar-refractivity contribution in [2.75, 3.05) is 36.8 Å². The third-order valence-electron chi connectivity index (χ3n) is 4.49. The molecule has 4 rings (SSSR count). The van der Waals surface area contributed by atoms with Gasteiger partial charge in [-0.1, -0.05) is 0 Å². The van der Waals surface area contributed by atoms with Gasteiger partial charge in [-0.25, -0.2) is 9.37 Å². The molecule has 3 N–H and O–H groups in total. The lowest BCUT2D eigenvalue weighted by molar-refractivity contribution is -0.129. The fraction of sp³-hybridized carbons (Fsp3) is 0.294. The molecule has 1 aliphatic rings. The van der Waals surface area contributed by atoms with Crippen LogP contribution in [0.1, 0.15) is 6.92 Å². The SMILES string of the molecule is CC(=O)N1CCN(c2nc(N)nc3nc(-c4ccc(F)cc4)[nH]c23)CC1. The maximum Gasteiger partial charge on any atom is 0.224 e. The molecule has 1 amide bonds. The number of amides is 1. The highest BCUT2D eigenvalue weighted by Crippen LogP contribution is 2.27. The Labute approximate surface area is 148 Å². The minimum atomic E-state index is -0.307. The number of aromatic nitrogens is 4. The fourth-order valence-corrected chi connectivity index (χ4v) is 3.11. The van der Waals surface area contributed by atoms with E-state index in [0.717, 1.165) is 5.56 Å². The molecule has 8 nitrogen and oxygen atoms in total. The second kappa shape index (κ2) is 6.25. The number of H-pyrrole nitrogens is 1. The highest BCUT2D eigenvalue weighted by atomic mass is 19.1. The lowest BCUT2D eigenvalue weighted by Crippen LogP contribution is -2.48. The summed E-state index contributed by atoms with van der Waals surface area (Å²) in [6.07, 6.45) is 0. The molecular formula is C17H18FN7O. The molecule has 3 aromatic rings. The highest BCUT2D eigenvalue weighted by molar-refractivity contribution is 5.87. The third-order valence-corrected chi connectivity index (χ3v) is 4.49. The number of hydrogen-bond donors (Lipinski definition) is 2. The number of rotatable bonds is 2. The number of hydrogen-bond acceptors (Lipinski definition) is 6. The first-order valence-electron chi connectivity index (χ1n) is 8.31. The number of piperazine rings is 1. The summed E-state index contributed by atoms with van der Waals surface area (Å²) in [6, 6.07) is 6.05. The van der Waals surface area contributed by atoms with Crippen LogP contribution in [-0.2, 0) is 4.79 Å². The monoisotopic (exact) mass is 355 g/mol. The molecule has 0 unspecified atom stereocenters. The number of aromatic amines is 1. The number of fused-ring (bicyclic) bond motifs is 1. The van der Waals surface area contributed by atoms with Crippen LogP contribution in [0.3, 0.4) is 0 Å². The van der Waals surface area contributed by atoms with E-state index in [1.807, 2.05) is 0 Å². The van der Waals surface area contributed by atoms with E-state index in [1.54, 1.807) is 24.0 Å². The van der Waals surface area contributed by atoms with Crippen molar-refractivity contribution in [3.63, 3.8) is 0 Å². The van der Waals surface area contributed by atoms with E-state index in [2.05, 4.69) is 24.8 Å². The predicted molar refractivity (Wildman–Crippen MR) is 96.0 cm³/mol. The first kappa shape index (κ1) is 16.2. The molecule has 3 heterocycles. The van der Waals surface area contributed by atoms with Crippen LogP contribution in [0, 0.1) is 5.82 Å². The molecule has 1 saturated heterocycles. The fourth-order valence-electron chi connectivity index (χ4n) is 3.11. The van der Waals surface area contributed by atoms with Gasteiger partial charge in [-0.05, 0) is 24.3 Å². The molecule has 26 heavy (non-hydrogen) atoms. The first-order chi connectivity index (χ1) is 12.5. The van der Waals surface area contributed by atoms with Gasteiger partial charge >= 0.3 is 0 Å². The molecule has 0 radical (unpaired) electrons. The summed E-state index contributed by atoms with van der Waals surface area (Å²) in [5, 5.41) is 0. The number of benzene rings is 1. The lowest BCUT2D eigenvalue weighted by atomic mass is 10.2. The van der Waals surface area contributed by atoms with Crippen LogP contribution in [0.2, 0.25) is 0 Å². The molecule has 1 aliphatic heterocycles. The van der Waals surface area contributed by atoms with E-state index in [1.165, 1.54) is 12.1 Å². The molecule has 2 aromatic heterocycles. The number of imidazole rings is 1. The third kappa shape index (κ3) is 2.92. The molecule has 1 fully saturated rings. The number of halogens is 1. The number of carbonyl (C=O) groups excluding carboxylic acids is 1. The molecule has 134 valence electrons. The van der Waals surface area contributed by atoms with Gasteiger partial charge < -0.3 is 20.5 Å². The molecule has 0 bridgehead atoms. The van der Waals surface area contributed by atoms with Gasteiger partial charge in [0.05, 0.1) is 0 Å². The number of nitrogens with two attached hydrogens (primary N) is 1. The Morgan fingerprint density at radius 1 is 1.12 bits per heavy atom. The minimum absolute atomic E-state index is 0.0668. The van der Waals surface area contributed by atoms with Crippen LogP contribution >= 0.6 is 0 Å². The van der Waals surface area contributed by atoms with Crippen molar-refractivity contribution in [1.82, 2.24) is 24.8 Å². The maximum absolute atomic E-state index is 13.2. The Balaban J connectivity index is 1.71. The Bertz CT molecular complexity index is 961. The summed E-state index contributed by atoms with van der Waals surface area (Å²) in [6.45, 7) is 4.12. The van der Waals surface area contributed by atoms with E-state index in [0.29, 0.717) is 49.0 Å². The van der Waals surface area contributed by atoms with Crippen LogP contribution in [0.5, 0.6) is 0 Å². The first-order valence-corrected chi connectivity index (χ1v) is 8.31. The van der Waals surface area contributed by atoms with Crippen molar-refractivity contribution in [2.24, 2.45) is 0 Å². The molecule has 0 saturated carbocycles. The summed E-state index contributed by atoms with van der Waals surface area (Å²) >= 11 is 0. The Hall–Kier alpha value is -3.23. The molecular weight excluding hydrogens is 337 g/mol. The topological polar surface area (TPSA) is 104 Å². The van der Waals surface area contributed by atoms with Gasteiger partial charge in [0.25, 0.3) is 0 Å². The van der Waals surface area contributed by atoms with E-state index >= 15 is 0 Å². The second-order valence-corrected chi connectivity index (χ2v) is 6.19. The summed E-state index contributed by atoms with van der Waals surface area (Å²) < 4.78 is 13.2. The van der Waals surface area contributed by atoms with Gasteiger partial charge in [0.15, 0.2) is 11.5 Å². The van der Waals surface area contributed by atoms with E-state index < -0.39 is 0 Å². The molecule has 9 heteroatoms. The molecule has 0 atom stereocenters. The lowest BCUT2D eigenvalue weighted by Gasteiger charge is -2.34. The highest BCUT2D eigenvalue weighted by Gasteiger charge is 2.23. The van der Waals surface area contributed by atoms with Crippen LogP contribution in [-0.4, -0.2) is 56.9 Å². The molecule has 1 aromatic carbocycles. The summed E-state index contributed by atoms with van der Waals surface area (Å²) in [4.78, 5) is 31.6. The zero-order valence-corrected chi connectivity index (χ0v) is 14.2. The van der Waals surface area contributed by atoms with E-state index in [9.17, 15) is 9.18 Å². The van der Waals surface area contributed by atoms with Gasteiger partial charge in [-0.3, -0.25) is 4.79 Å². The zero-order valence-electron chi connectivity index (χ0n) is 14.2. The van der Waals surface area contributed by atoms with Crippen molar-refractivity contribution in [3.05, 3.63) is 30.1 Å². The smallest absolute Gasteiger partial charge is 0.224 e. The van der Waals surface area contributed by atoms with Crippen molar-refractivity contribution in [3.8, 4) is 11.4 Å². The van der Waals surface area contributed by atoms with Gasteiger partial charge in [0, 0.05) is 38.7 Å². The van der Waals surface area contributed by atoms with Crippen LogP contribution in [0.25, 0.3) is 22.6 Å². The predicted octanol–water partition coefficient (Wildman–Crippen LogP) is 1.41. The van der Waals surface area contributed by atoms with Crippen molar-refractivity contribution in [2.45, 2.75) is 6.92 Å². The summed E-state index contributed by atoms with van der Waals surface area (Å²) in [7, 11) is 0. The zero-order chi connectivity index (χ0) is 18.3. The van der Waals surface area contributed by atoms with Crippen LogP contribution in [0.4, 0.5) is 16.2 Å². The normalized spacial score (nSPS) is 14.8. The number of nitrogens with zero attached hydrogens (tertiary/aromatic N) is 5. The Morgan fingerprint density at radius 3 is 2.46 bits per heavy atom. The van der Waals surface area contributed by atoms with Gasteiger partial charge in [0.2, 0.25) is 11.9 Å². The van der Waals surface area contributed by atoms with E-state index in [4.69, 9.17) is 5.73 Å². The number of nitrogen functional groups attached to an aromatic ring is 1. The van der Waals surface area contributed by atoms with E-state index in [-0.39, 0.29) is 17.7 Å². The summed E-state index contributed by atoms with van der Waals surface area (Å²) in [5.41, 5.74) is 7.74. The number of carbonyl (C=O) groups is 1.